The minimum atomic E-state index is 0.0771. The lowest BCUT2D eigenvalue weighted by atomic mass is 9.97. The molecule has 0 amide bonds. The summed E-state index contributed by atoms with van der Waals surface area (Å²) in [4.78, 5) is 0. The molecule has 1 atom stereocenters. The average Bonchev–Trinajstić information content (AvgIpc) is 2.86. The van der Waals surface area contributed by atoms with Crippen molar-refractivity contribution < 1.29 is 4.74 Å². The second kappa shape index (κ2) is 2.60. The molecule has 0 aliphatic carbocycles. The molecule has 2 rings (SSSR count). The Morgan fingerprint density at radius 3 is 2.33 bits per heavy atom. The largest absolute Gasteiger partial charge is 0.365 e. The fourth-order valence-electron chi connectivity index (χ4n) is 1.52. The second-order valence-corrected chi connectivity index (χ2v) is 3.50. The van der Waals surface area contributed by atoms with E-state index in [0.29, 0.717) is 0 Å². The second-order valence-electron chi connectivity index (χ2n) is 3.50. The van der Waals surface area contributed by atoms with Crippen LogP contribution in [0.4, 0.5) is 0 Å². The average molecular weight is 162 g/mol. The van der Waals surface area contributed by atoms with Crippen molar-refractivity contribution in [1.29, 1.82) is 0 Å². The predicted molar refractivity (Wildman–Crippen MR) is 49.1 cm³/mol. The third-order valence-corrected chi connectivity index (χ3v) is 2.64. The Morgan fingerprint density at radius 1 is 1.33 bits per heavy atom. The highest BCUT2D eigenvalue weighted by atomic mass is 16.6. The molecule has 1 saturated heterocycles. The van der Waals surface area contributed by atoms with Crippen molar-refractivity contribution in [3.63, 3.8) is 0 Å². The summed E-state index contributed by atoms with van der Waals surface area (Å²) in [5.74, 6) is 0. The van der Waals surface area contributed by atoms with Crippen LogP contribution >= 0.6 is 0 Å². The minimum absolute atomic E-state index is 0.0771. The SMILES string of the molecule is CCC1(c2ccc(C)cc2)CO1. The van der Waals surface area contributed by atoms with Gasteiger partial charge in [0.05, 0.1) is 6.61 Å². The first-order chi connectivity index (χ1) is 5.77. The molecule has 1 heteroatoms. The van der Waals surface area contributed by atoms with Crippen LogP contribution in [-0.4, -0.2) is 6.61 Å². The van der Waals surface area contributed by atoms with Crippen LogP contribution in [0.3, 0.4) is 0 Å². The van der Waals surface area contributed by atoms with E-state index in [-0.39, 0.29) is 5.60 Å². The van der Waals surface area contributed by atoms with E-state index < -0.39 is 0 Å². The quantitative estimate of drug-likeness (QED) is 0.609. The van der Waals surface area contributed by atoms with Crippen LogP contribution in [0.5, 0.6) is 0 Å². The van der Waals surface area contributed by atoms with Gasteiger partial charge in [-0.3, -0.25) is 0 Å². The van der Waals surface area contributed by atoms with Crippen molar-refractivity contribution in [3.8, 4) is 0 Å². The third kappa shape index (κ3) is 1.14. The molecule has 1 heterocycles. The standard InChI is InChI=1S/C11H14O/c1-3-11(8-12-11)10-6-4-9(2)5-7-10/h4-7H,3,8H2,1-2H3. The van der Waals surface area contributed by atoms with Crippen molar-refractivity contribution in [2.24, 2.45) is 0 Å². The number of epoxide rings is 1. The van der Waals surface area contributed by atoms with Crippen molar-refractivity contribution in [2.75, 3.05) is 6.61 Å². The molecule has 1 unspecified atom stereocenters. The summed E-state index contributed by atoms with van der Waals surface area (Å²) in [7, 11) is 0. The van der Waals surface area contributed by atoms with Gasteiger partial charge in [-0.2, -0.15) is 0 Å². The van der Waals surface area contributed by atoms with Gasteiger partial charge < -0.3 is 4.74 Å². The van der Waals surface area contributed by atoms with Gasteiger partial charge in [0.25, 0.3) is 0 Å². The lowest BCUT2D eigenvalue weighted by molar-refractivity contribution is 0.301. The molecular weight excluding hydrogens is 148 g/mol. The molecule has 1 aliphatic heterocycles. The molecule has 0 N–H and O–H groups in total. The molecule has 0 saturated carbocycles. The molecule has 1 nitrogen and oxygen atoms in total. The first kappa shape index (κ1) is 7.81. The topological polar surface area (TPSA) is 12.5 Å². The molecule has 0 bridgehead atoms. The monoisotopic (exact) mass is 162 g/mol. The van der Waals surface area contributed by atoms with Gasteiger partial charge in [0, 0.05) is 0 Å². The van der Waals surface area contributed by atoms with E-state index in [2.05, 4.69) is 38.1 Å². The maximum Gasteiger partial charge on any atom is 0.116 e. The zero-order valence-electron chi connectivity index (χ0n) is 7.63. The Morgan fingerprint density at radius 2 is 1.92 bits per heavy atom. The van der Waals surface area contributed by atoms with Crippen LogP contribution in [-0.2, 0) is 10.3 Å². The van der Waals surface area contributed by atoms with Crippen LogP contribution in [0.1, 0.15) is 24.5 Å². The van der Waals surface area contributed by atoms with E-state index >= 15 is 0 Å². The summed E-state index contributed by atoms with van der Waals surface area (Å²) in [5, 5.41) is 0. The summed E-state index contributed by atoms with van der Waals surface area (Å²) < 4.78 is 5.47. The molecule has 1 aromatic carbocycles. The molecule has 64 valence electrons. The van der Waals surface area contributed by atoms with Gasteiger partial charge in [-0.15, -0.1) is 0 Å². The molecule has 0 aromatic heterocycles. The minimum Gasteiger partial charge on any atom is -0.365 e. The van der Waals surface area contributed by atoms with Gasteiger partial charge in [0.15, 0.2) is 0 Å². The highest BCUT2D eigenvalue weighted by Crippen LogP contribution is 2.41. The number of ether oxygens (including phenoxy) is 1. The normalized spacial score (nSPS) is 27.2. The number of hydrogen-bond donors (Lipinski definition) is 0. The number of hydrogen-bond acceptors (Lipinski definition) is 1. The van der Waals surface area contributed by atoms with Gasteiger partial charge in [-0.1, -0.05) is 36.8 Å². The molecule has 1 aliphatic rings. The smallest absolute Gasteiger partial charge is 0.116 e. The summed E-state index contributed by atoms with van der Waals surface area (Å²) >= 11 is 0. The van der Waals surface area contributed by atoms with Crippen molar-refractivity contribution in [1.82, 2.24) is 0 Å². The van der Waals surface area contributed by atoms with Gasteiger partial charge >= 0.3 is 0 Å². The van der Waals surface area contributed by atoms with E-state index in [1.165, 1.54) is 11.1 Å². The Kier molecular flexibility index (Phi) is 1.69. The van der Waals surface area contributed by atoms with Crippen molar-refractivity contribution >= 4 is 0 Å². The Bertz CT molecular complexity index is 270. The van der Waals surface area contributed by atoms with Gasteiger partial charge in [0.2, 0.25) is 0 Å². The first-order valence-electron chi connectivity index (χ1n) is 4.48. The van der Waals surface area contributed by atoms with Crippen molar-refractivity contribution in [2.45, 2.75) is 25.9 Å². The third-order valence-electron chi connectivity index (χ3n) is 2.64. The molecule has 1 fully saturated rings. The van der Waals surface area contributed by atoms with Gasteiger partial charge in [-0.05, 0) is 18.9 Å². The van der Waals surface area contributed by atoms with Crippen LogP contribution < -0.4 is 0 Å². The van der Waals surface area contributed by atoms with Crippen molar-refractivity contribution in [3.05, 3.63) is 35.4 Å². The molecule has 1 aromatic rings. The highest BCUT2D eigenvalue weighted by molar-refractivity contribution is 5.29. The van der Waals surface area contributed by atoms with E-state index in [4.69, 9.17) is 4.74 Å². The first-order valence-corrected chi connectivity index (χ1v) is 4.48. The van der Waals surface area contributed by atoms with E-state index in [1.54, 1.807) is 0 Å². The molecular formula is C11H14O. The van der Waals surface area contributed by atoms with E-state index in [9.17, 15) is 0 Å². The maximum absolute atomic E-state index is 5.47. The summed E-state index contributed by atoms with van der Waals surface area (Å²) in [6.45, 7) is 5.18. The highest BCUT2D eigenvalue weighted by Gasteiger charge is 2.44. The van der Waals surface area contributed by atoms with Gasteiger partial charge in [-0.25, -0.2) is 0 Å². The molecule has 12 heavy (non-hydrogen) atoms. The van der Waals surface area contributed by atoms with E-state index in [1.807, 2.05) is 0 Å². The predicted octanol–water partition coefficient (Wildman–Crippen LogP) is 2.63. The lowest BCUT2D eigenvalue weighted by Crippen LogP contribution is -2.05. The Hall–Kier alpha value is -0.820. The van der Waals surface area contributed by atoms with Crippen LogP contribution in [0, 0.1) is 6.92 Å². The van der Waals surface area contributed by atoms with Gasteiger partial charge in [0.1, 0.15) is 5.60 Å². The zero-order valence-corrected chi connectivity index (χ0v) is 7.63. The number of benzene rings is 1. The molecule has 0 spiro atoms. The maximum atomic E-state index is 5.47. The number of aryl methyl sites for hydroxylation is 1. The number of rotatable bonds is 2. The Balaban J connectivity index is 2.29. The zero-order chi connectivity index (χ0) is 8.60. The lowest BCUT2D eigenvalue weighted by Gasteiger charge is -2.08. The fraction of sp³-hybridized carbons (Fsp3) is 0.455. The van der Waals surface area contributed by atoms with E-state index in [0.717, 1.165) is 13.0 Å². The summed E-state index contributed by atoms with van der Waals surface area (Å²) in [6, 6.07) is 8.64. The van der Waals surface area contributed by atoms with Crippen LogP contribution in [0.15, 0.2) is 24.3 Å². The van der Waals surface area contributed by atoms with Crippen LogP contribution in [0.25, 0.3) is 0 Å². The summed E-state index contributed by atoms with van der Waals surface area (Å²) in [5.41, 5.74) is 2.72. The van der Waals surface area contributed by atoms with Crippen LogP contribution in [0.2, 0.25) is 0 Å². The molecule has 0 radical (unpaired) electrons. The fourth-order valence-corrected chi connectivity index (χ4v) is 1.52. The Labute approximate surface area is 73.4 Å². The summed E-state index contributed by atoms with van der Waals surface area (Å²) in [6.07, 6.45) is 1.08.